The Morgan fingerprint density at radius 3 is 2.58 bits per heavy atom. The second-order valence-corrected chi connectivity index (χ2v) is 2.96. The molecule has 0 aliphatic carbocycles. The van der Waals surface area contributed by atoms with E-state index in [4.69, 9.17) is 16.7 Å². The maximum absolute atomic E-state index is 8.73. The maximum Gasteiger partial charge on any atom is 0.0558 e. The molecule has 0 radical (unpaired) electrons. The molecule has 0 aromatic rings. The van der Waals surface area contributed by atoms with E-state index in [9.17, 15) is 0 Å². The van der Waals surface area contributed by atoms with Crippen LogP contribution in [0.15, 0.2) is 12.2 Å². The number of aliphatic hydroxyl groups is 1. The fraction of sp³-hybridized carbons (Fsp3) is 0.778. The van der Waals surface area contributed by atoms with Crippen molar-refractivity contribution in [3.8, 4) is 0 Å². The van der Waals surface area contributed by atoms with Gasteiger partial charge in [0.25, 0.3) is 0 Å². The first kappa shape index (κ1) is 11.9. The number of alkyl halides is 1. The van der Waals surface area contributed by atoms with Crippen LogP contribution in [0.1, 0.15) is 13.3 Å². The molecule has 0 heterocycles. The number of allylic oxidation sites excluding steroid dienone is 1. The summed E-state index contributed by atoms with van der Waals surface area (Å²) in [6, 6.07) is 0. The highest BCUT2D eigenvalue weighted by Gasteiger charge is 1.98. The highest BCUT2D eigenvalue weighted by atomic mass is 35.5. The zero-order valence-electron chi connectivity index (χ0n) is 7.67. The van der Waals surface area contributed by atoms with E-state index >= 15 is 0 Å². The summed E-state index contributed by atoms with van der Waals surface area (Å²) >= 11 is 5.48. The topological polar surface area (TPSA) is 23.5 Å². The van der Waals surface area contributed by atoms with Gasteiger partial charge in [0.05, 0.1) is 6.61 Å². The molecule has 0 aliphatic rings. The molecule has 1 N–H and O–H groups in total. The van der Waals surface area contributed by atoms with Crippen molar-refractivity contribution in [1.82, 2.24) is 4.90 Å². The first-order chi connectivity index (χ1) is 5.85. The largest absolute Gasteiger partial charge is 0.395 e. The van der Waals surface area contributed by atoms with E-state index in [1.807, 2.05) is 12.2 Å². The van der Waals surface area contributed by atoms with Crippen molar-refractivity contribution in [2.75, 3.05) is 32.1 Å². The van der Waals surface area contributed by atoms with Crippen LogP contribution in [-0.2, 0) is 0 Å². The molecular formula is C9H18ClNO. The van der Waals surface area contributed by atoms with Gasteiger partial charge in [-0.15, -0.1) is 11.6 Å². The highest BCUT2D eigenvalue weighted by Crippen LogP contribution is 1.91. The molecule has 0 saturated heterocycles. The second kappa shape index (κ2) is 9.04. The Bertz CT molecular complexity index is 111. The molecule has 0 amide bonds. The van der Waals surface area contributed by atoms with Gasteiger partial charge in [-0.05, 0) is 13.0 Å². The van der Waals surface area contributed by atoms with Crippen molar-refractivity contribution in [3.05, 3.63) is 12.2 Å². The van der Waals surface area contributed by atoms with Crippen LogP contribution in [0.5, 0.6) is 0 Å². The number of rotatable bonds is 7. The lowest BCUT2D eigenvalue weighted by Gasteiger charge is -2.17. The first-order valence-electron chi connectivity index (χ1n) is 4.39. The Balaban J connectivity index is 3.54. The molecule has 12 heavy (non-hydrogen) atoms. The Labute approximate surface area is 79.8 Å². The minimum absolute atomic E-state index is 0.231. The summed E-state index contributed by atoms with van der Waals surface area (Å²) in [7, 11) is 0. The summed E-state index contributed by atoms with van der Waals surface area (Å²) in [5, 5.41) is 8.73. The molecule has 0 rings (SSSR count). The molecule has 3 heteroatoms. The fourth-order valence-electron chi connectivity index (χ4n) is 1.04. The Morgan fingerprint density at radius 1 is 1.33 bits per heavy atom. The third kappa shape index (κ3) is 6.65. The van der Waals surface area contributed by atoms with Crippen molar-refractivity contribution in [3.63, 3.8) is 0 Å². The molecule has 0 fully saturated rings. The van der Waals surface area contributed by atoms with E-state index in [1.165, 1.54) is 0 Å². The van der Waals surface area contributed by atoms with Gasteiger partial charge in [-0.2, -0.15) is 0 Å². The zero-order valence-corrected chi connectivity index (χ0v) is 8.43. The van der Waals surface area contributed by atoms with Gasteiger partial charge in [0.1, 0.15) is 0 Å². The SMILES string of the molecule is CCCN(CC=CCCl)CCO. The lowest BCUT2D eigenvalue weighted by Crippen LogP contribution is -2.27. The van der Waals surface area contributed by atoms with Crippen LogP contribution in [0, 0.1) is 0 Å². The molecule has 0 aromatic heterocycles. The predicted octanol–water partition coefficient (Wildman–Crippen LogP) is 1.49. The average Bonchev–Trinajstić information content (AvgIpc) is 2.06. The van der Waals surface area contributed by atoms with E-state index < -0.39 is 0 Å². The zero-order chi connectivity index (χ0) is 9.23. The van der Waals surface area contributed by atoms with Gasteiger partial charge in [0.15, 0.2) is 0 Å². The minimum atomic E-state index is 0.231. The third-order valence-electron chi connectivity index (χ3n) is 1.58. The molecule has 72 valence electrons. The first-order valence-corrected chi connectivity index (χ1v) is 4.92. The fourth-order valence-corrected chi connectivity index (χ4v) is 1.16. The van der Waals surface area contributed by atoms with Gasteiger partial charge in [-0.25, -0.2) is 0 Å². The Kier molecular flexibility index (Phi) is 9.00. The van der Waals surface area contributed by atoms with Crippen molar-refractivity contribution in [2.24, 2.45) is 0 Å². The summed E-state index contributed by atoms with van der Waals surface area (Å²) in [5.74, 6) is 0.569. The van der Waals surface area contributed by atoms with Gasteiger partial charge >= 0.3 is 0 Å². The van der Waals surface area contributed by atoms with Crippen molar-refractivity contribution in [1.29, 1.82) is 0 Å². The third-order valence-corrected chi connectivity index (χ3v) is 1.75. The summed E-state index contributed by atoms with van der Waals surface area (Å²) in [6.07, 6.45) is 5.09. The van der Waals surface area contributed by atoms with Gasteiger partial charge < -0.3 is 5.11 Å². The standard InChI is InChI=1S/C9H18ClNO/c1-2-6-11(8-9-12)7-4-3-5-10/h3-4,12H,2,5-9H2,1H3. The van der Waals surface area contributed by atoms with Gasteiger partial charge in [-0.1, -0.05) is 19.1 Å². The van der Waals surface area contributed by atoms with Crippen LogP contribution >= 0.6 is 11.6 Å². The van der Waals surface area contributed by atoms with E-state index in [-0.39, 0.29) is 6.61 Å². The van der Waals surface area contributed by atoms with Gasteiger partial charge in [-0.3, -0.25) is 4.90 Å². The van der Waals surface area contributed by atoms with Crippen LogP contribution in [0.3, 0.4) is 0 Å². The second-order valence-electron chi connectivity index (χ2n) is 2.65. The highest BCUT2D eigenvalue weighted by molar-refractivity contribution is 6.18. The molecule has 0 aromatic carbocycles. The van der Waals surface area contributed by atoms with Crippen LogP contribution in [0.4, 0.5) is 0 Å². The number of hydrogen-bond acceptors (Lipinski definition) is 2. The number of aliphatic hydroxyl groups excluding tert-OH is 1. The molecule has 2 nitrogen and oxygen atoms in total. The Morgan fingerprint density at radius 2 is 2.08 bits per heavy atom. The van der Waals surface area contributed by atoms with Crippen LogP contribution in [0.2, 0.25) is 0 Å². The number of hydrogen-bond donors (Lipinski definition) is 1. The quantitative estimate of drug-likeness (QED) is 0.487. The van der Waals surface area contributed by atoms with E-state index in [2.05, 4.69) is 11.8 Å². The molecule has 0 bridgehead atoms. The summed E-state index contributed by atoms with van der Waals surface area (Å²) in [4.78, 5) is 2.20. The summed E-state index contributed by atoms with van der Waals surface area (Å²) < 4.78 is 0. The monoisotopic (exact) mass is 191 g/mol. The predicted molar refractivity (Wildman–Crippen MR) is 53.7 cm³/mol. The van der Waals surface area contributed by atoms with Crippen molar-refractivity contribution < 1.29 is 5.11 Å². The average molecular weight is 192 g/mol. The molecule has 0 spiro atoms. The maximum atomic E-state index is 8.73. The van der Waals surface area contributed by atoms with E-state index in [0.717, 1.165) is 26.1 Å². The van der Waals surface area contributed by atoms with Crippen molar-refractivity contribution in [2.45, 2.75) is 13.3 Å². The molecule has 0 atom stereocenters. The van der Waals surface area contributed by atoms with E-state index in [1.54, 1.807) is 0 Å². The normalized spacial score (nSPS) is 11.7. The van der Waals surface area contributed by atoms with Gasteiger partial charge in [0.2, 0.25) is 0 Å². The van der Waals surface area contributed by atoms with Crippen molar-refractivity contribution >= 4 is 11.6 Å². The lowest BCUT2D eigenvalue weighted by molar-refractivity contribution is 0.208. The molecule has 0 unspecified atom stereocenters. The van der Waals surface area contributed by atoms with E-state index in [0.29, 0.717) is 5.88 Å². The smallest absolute Gasteiger partial charge is 0.0558 e. The number of nitrogens with zero attached hydrogens (tertiary/aromatic N) is 1. The summed E-state index contributed by atoms with van der Waals surface area (Å²) in [5.41, 5.74) is 0. The Hall–Kier alpha value is -0.0500. The molecule has 0 aliphatic heterocycles. The lowest BCUT2D eigenvalue weighted by atomic mass is 10.4. The van der Waals surface area contributed by atoms with Gasteiger partial charge in [0, 0.05) is 19.0 Å². The minimum Gasteiger partial charge on any atom is -0.395 e. The molecular weight excluding hydrogens is 174 g/mol. The molecule has 0 saturated carbocycles. The van der Waals surface area contributed by atoms with Crippen LogP contribution < -0.4 is 0 Å². The number of halogens is 1. The van der Waals surface area contributed by atoms with Crippen LogP contribution in [0.25, 0.3) is 0 Å². The van der Waals surface area contributed by atoms with Crippen LogP contribution in [-0.4, -0.2) is 42.1 Å². The summed E-state index contributed by atoms with van der Waals surface area (Å²) in [6.45, 7) is 5.04.